The summed E-state index contributed by atoms with van der Waals surface area (Å²) in [5, 5.41) is 15.0. The molecule has 1 saturated heterocycles. The number of hydrogen-bond donors (Lipinski definition) is 0. The molecule has 0 N–H and O–H groups in total. The van der Waals surface area contributed by atoms with Crippen molar-refractivity contribution in [2.75, 3.05) is 31.1 Å². The van der Waals surface area contributed by atoms with E-state index < -0.39 is 0 Å². The number of thiophene rings is 1. The summed E-state index contributed by atoms with van der Waals surface area (Å²) in [6.45, 7) is 5.05. The molecule has 1 aliphatic rings. The lowest BCUT2D eigenvalue weighted by Crippen LogP contribution is -2.48. The molecule has 1 fully saturated rings. The molecule has 0 saturated carbocycles. The highest BCUT2D eigenvalue weighted by molar-refractivity contribution is 7.20. The van der Waals surface area contributed by atoms with E-state index in [1.807, 2.05) is 46.8 Å². The van der Waals surface area contributed by atoms with Crippen LogP contribution in [0.3, 0.4) is 0 Å². The van der Waals surface area contributed by atoms with Crippen molar-refractivity contribution in [2.45, 2.75) is 13.5 Å². The van der Waals surface area contributed by atoms with Crippen molar-refractivity contribution >= 4 is 33.1 Å². The van der Waals surface area contributed by atoms with E-state index >= 15 is 0 Å². The van der Waals surface area contributed by atoms with Crippen LogP contribution in [0.15, 0.2) is 54.6 Å². The molecular weight excluding hydrogens is 437 g/mol. The van der Waals surface area contributed by atoms with Gasteiger partial charge < -0.3 is 9.80 Å². The van der Waals surface area contributed by atoms with Gasteiger partial charge in [0.05, 0.1) is 28.4 Å². The van der Waals surface area contributed by atoms with Crippen molar-refractivity contribution < 1.29 is 9.18 Å². The first-order chi connectivity index (χ1) is 16.0. The first-order valence-corrected chi connectivity index (χ1v) is 11.6. The SMILES string of the molecule is Cc1nn(Cc2ccc(F)cc2)c2sc(C(=O)N3CCN(c4ccccc4C#N)CC3)cc12. The van der Waals surface area contributed by atoms with Crippen LogP contribution < -0.4 is 4.90 Å². The molecule has 3 heterocycles. The van der Waals surface area contributed by atoms with Gasteiger partial charge in [0.1, 0.15) is 16.7 Å². The molecule has 1 aliphatic heterocycles. The minimum absolute atomic E-state index is 0.0251. The van der Waals surface area contributed by atoms with Gasteiger partial charge in [0, 0.05) is 31.6 Å². The summed E-state index contributed by atoms with van der Waals surface area (Å²) in [4.78, 5) is 18.9. The van der Waals surface area contributed by atoms with Crippen LogP contribution in [0, 0.1) is 24.1 Å². The molecule has 6 nitrogen and oxygen atoms in total. The van der Waals surface area contributed by atoms with E-state index in [-0.39, 0.29) is 11.7 Å². The summed E-state index contributed by atoms with van der Waals surface area (Å²) in [6, 6.07) is 18.1. The summed E-state index contributed by atoms with van der Waals surface area (Å²) < 4.78 is 15.1. The van der Waals surface area contributed by atoms with Gasteiger partial charge in [-0.1, -0.05) is 24.3 Å². The molecule has 8 heteroatoms. The number of halogens is 1. The number of para-hydroxylation sites is 1. The molecule has 166 valence electrons. The molecule has 2 aromatic carbocycles. The molecule has 33 heavy (non-hydrogen) atoms. The van der Waals surface area contributed by atoms with Crippen molar-refractivity contribution in [2.24, 2.45) is 0 Å². The van der Waals surface area contributed by atoms with E-state index in [4.69, 9.17) is 0 Å². The Labute approximate surface area is 195 Å². The van der Waals surface area contributed by atoms with E-state index in [9.17, 15) is 14.4 Å². The quantitative estimate of drug-likeness (QED) is 0.453. The van der Waals surface area contributed by atoms with Crippen LogP contribution in [0.5, 0.6) is 0 Å². The number of carbonyl (C=O) groups is 1. The van der Waals surface area contributed by atoms with Gasteiger partial charge in [0.15, 0.2) is 0 Å². The average molecular weight is 460 g/mol. The van der Waals surface area contributed by atoms with Gasteiger partial charge in [-0.15, -0.1) is 11.3 Å². The molecule has 0 spiro atoms. The topological polar surface area (TPSA) is 65.2 Å². The number of nitriles is 1. The second-order valence-electron chi connectivity index (χ2n) is 8.11. The molecule has 0 aliphatic carbocycles. The number of aryl methyl sites for hydroxylation is 1. The maximum Gasteiger partial charge on any atom is 0.264 e. The highest BCUT2D eigenvalue weighted by Crippen LogP contribution is 2.30. The van der Waals surface area contributed by atoms with E-state index in [0.29, 0.717) is 43.2 Å². The second kappa shape index (κ2) is 8.68. The van der Waals surface area contributed by atoms with Crippen LogP contribution in [0.2, 0.25) is 0 Å². The summed E-state index contributed by atoms with van der Waals surface area (Å²) >= 11 is 1.45. The number of rotatable bonds is 4. The van der Waals surface area contributed by atoms with Crippen molar-refractivity contribution in [3.63, 3.8) is 0 Å². The summed E-state index contributed by atoms with van der Waals surface area (Å²) in [6.07, 6.45) is 0. The molecule has 0 radical (unpaired) electrons. The molecule has 0 atom stereocenters. The Morgan fingerprint density at radius 3 is 2.58 bits per heavy atom. The first-order valence-electron chi connectivity index (χ1n) is 10.8. The monoisotopic (exact) mass is 459 g/mol. The van der Waals surface area contributed by atoms with Crippen molar-refractivity contribution in [3.05, 3.63) is 82.1 Å². The van der Waals surface area contributed by atoms with Crippen molar-refractivity contribution in [1.29, 1.82) is 5.26 Å². The van der Waals surface area contributed by atoms with Crippen LogP contribution in [-0.4, -0.2) is 46.8 Å². The number of carbonyl (C=O) groups excluding carboxylic acids is 1. The zero-order chi connectivity index (χ0) is 22.9. The van der Waals surface area contributed by atoms with Crippen LogP contribution in [-0.2, 0) is 6.54 Å². The van der Waals surface area contributed by atoms with Gasteiger partial charge in [-0.3, -0.25) is 9.48 Å². The number of benzene rings is 2. The highest BCUT2D eigenvalue weighted by atomic mass is 32.1. The number of anilines is 1. The minimum Gasteiger partial charge on any atom is -0.367 e. The summed E-state index contributed by atoms with van der Waals surface area (Å²) in [5.74, 6) is -0.238. The number of aromatic nitrogens is 2. The van der Waals surface area contributed by atoms with Crippen LogP contribution >= 0.6 is 11.3 Å². The predicted molar refractivity (Wildman–Crippen MR) is 127 cm³/mol. The number of hydrogen-bond acceptors (Lipinski definition) is 5. The van der Waals surface area contributed by atoms with Crippen LogP contribution in [0.4, 0.5) is 10.1 Å². The predicted octanol–water partition coefficient (Wildman–Crippen LogP) is 4.43. The summed E-state index contributed by atoms with van der Waals surface area (Å²) in [5.41, 5.74) is 3.41. The standard InChI is InChI=1S/C25H22FN5OS/c1-17-21-14-23(33-25(21)31(28-17)16-18-6-8-20(26)9-7-18)24(32)30-12-10-29(11-13-30)22-5-3-2-4-19(22)15-27/h2-9,14H,10-13,16H2,1H3. The van der Waals surface area contributed by atoms with Crippen LogP contribution in [0.1, 0.15) is 26.5 Å². The lowest BCUT2D eigenvalue weighted by Gasteiger charge is -2.36. The zero-order valence-corrected chi connectivity index (χ0v) is 19.0. The lowest BCUT2D eigenvalue weighted by molar-refractivity contribution is 0.0751. The Morgan fingerprint density at radius 1 is 1.12 bits per heavy atom. The number of fused-ring (bicyclic) bond motifs is 1. The third-order valence-electron chi connectivity index (χ3n) is 6.00. The van der Waals surface area contributed by atoms with Gasteiger partial charge in [0.2, 0.25) is 0 Å². The van der Waals surface area contributed by atoms with Gasteiger partial charge in [0.25, 0.3) is 5.91 Å². The third kappa shape index (κ3) is 4.08. The Hall–Kier alpha value is -3.70. The molecular formula is C25H22FN5OS. The molecule has 4 aromatic rings. The van der Waals surface area contributed by atoms with Crippen molar-refractivity contribution in [3.8, 4) is 6.07 Å². The summed E-state index contributed by atoms with van der Waals surface area (Å²) in [7, 11) is 0. The number of piperazine rings is 1. The van der Waals surface area contributed by atoms with Gasteiger partial charge in [-0.05, 0) is 42.8 Å². The molecule has 5 rings (SSSR count). The first kappa shape index (κ1) is 21.2. The fourth-order valence-electron chi connectivity index (χ4n) is 4.24. The Bertz CT molecular complexity index is 1360. The van der Waals surface area contributed by atoms with E-state index in [1.54, 1.807) is 12.1 Å². The molecule has 2 aromatic heterocycles. The zero-order valence-electron chi connectivity index (χ0n) is 18.2. The van der Waals surface area contributed by atoms with E-state index in [2.05, 4.69) is 16.1 Å². The van der Waals surface area contributed by atoms with E-state index in [0.717, 1.165) is 27.2 Å². The van der Waals surface area contributed by atoms with Gasteiger partial charge >= 0.3 is 0 Å². The van der Waals surface area contributed by atoms with Crippen LogP contribution in [0.25, 0.3) is 10.2 Å². The third-order valence-corrected chi connectivity index (χ3v) is 7.13. The molecule has 0 bridgehead atoms. The van der Waals surface area contributed by atoms with E-state index in [1.165, 1.54) is 23.5 Å². The lowest BCUT2D eigenvalue weighted by atomic mass is 10.1. The normalized spacial score (nSPS) is 14.0. The fourth-order valence-corrected chi connectivity index (χ4v) is 5.37. The number of amides is 1. The molecule has 1 amide bonds. The second-order valence-corrected chi connectivity index (χ2v) is 9.14. The largest absolute Gasteiger partial charge is 0.367 e. The Balaban J connectivity index is 1.32. The number of nitrogens with zero attached hydrogens (tertiary/aromatic N) is 5. The Morgan fingerprint density at radius 2 is 1.85 bits per heavy atom. The average Bonchev–Trinajstić information content (AvgIpc) is 3.41. The maximum absolute atomic E-state index is 13.2. The van der Waals surface area contributed by atoms with Gasteiger partial charge in [-0.2, -0.15) is 10.4 Å². The van der Waals surface area contributed by atoms with Gasteiger partial charge in [-0.25, -0.2) is 4.39 Å². The fraction of sp³-hybridized carbons (Fsp3) is 0.240. The van der Waals surface area contributed by atoms with Crippen molar-refractivity contribution in [1.82, 2.24) is 14.7 Å². The smallest absolute Gasteiger partial charge is 0.264 e. The maximum atomic E-state index is 13.2. The minimum atomic E-state index is -0.263. The Kier molecular flexibility index (Phi) is 5.56. The highest BCUT2D eigenvalue weighted by Gasteiger charge is 2.25. The molecule has 0 unspecified atom stereocenters.